The van der Waals surface area contributed by atoms with E-state index in [0.29, 0.717) is 11.5 Å². The van der Waals surface area contributed by atoms with Crippen LogP contribution >= 0.6 is 0 Å². The molecule has 5 aromatic carbocycles. The molecule has 8 nitrogen and oxygen atoms in total. The molecular weight excluding hydrogens is 623 g/mol. The molecule has 246 valence electrons. The number of para-hydroxylation sites is 1. The Morgan fingerprint density at radius 2 is 1.17 bits per heavy atom. The number of amides is 2. The summed E-state index contributed by atoms with van der Waals surface area (Å²) in [5.41, 5.74) is 1.95. The average Bonchev–Trinajstić information content (AvgIpc) is 3.10. The number of benzene rings is 5. The summed E-state index contributed by atoms with van der Waals surface area (Å²) in [6.07, 6.45) is 0.245. The zero-order valence-corrected chi connectivity index (χ0v) is 27.8. The number of carbonyl (C=O) groups is 2. The van der Waals surface area contributed by atoms with Crippen molar-refractivity contribution in [1.29, 1.82) is 0 Å². The SMILES string of the molecule is CC(C)NC(=O)[C@@H](Cc1ccccc1)N(Cc1ccccc1)C(=O)CN(c1ccc(Oc2ccccc2)cc1)S(=O)(=O)c1ccccc1. The molecule has 0 aromatic heterocycles. The number of carbonyl (C=O) groups excluding carboxylic acids is 2. The van der Waals surface area contributed by atoms with Crippen molar-refractivity contribution in [3.8, 4) is 11.5 Å². The number of nitrogens with one attached hydrogen (secondary N) is 1. The van der Waals surface area contributed by atoms with Crippen LogP contribution < -0.4 is 14.4 Å². The second-order valence-electron chi connectivity index (χ2n) is 11.6. The van der Waals surface area contributed by atoms with Gasteiger partial charge in [-0.05, 0) is 73.5 Å². The summed E-state index contributed by atoms with van der Waals surface area (Å²) in [5.74, 6) is 0.294. The van der Waals surface area contributed by atoms with Gasteiger partial charge in [-0.15, -0.1) is 0 Å². The first-order chi connectivity index (χ1) is 23.2. The van der Waals surface area contributed by atoms with Gasteiger partial charge >= 0.3 is 0 Å². The maximum atomic E-state index is 14.6. The first kappa shape index (κ1) is 33.9. The van der Waals surface area contributed by atoms with Gasteiger partial charge in [-0.3, -0.25) is 13.9 Å². The highest BCUT2D eigenvalue weighted by Gasteiger charge is 2.34. The summed E-state index contributed by atoms with van der Waals surface area (Å²) >= 11 is 0. The van der Waals surface area contributed by atoms with Gasteiger partial charge in [0.1, 0.15) is 24.1 Å². The normalized spacial score (nSPS) is 11.8. The fourth-order valence-electron chi connectivity index (χ4n) is 5.27. The molecule has 0 unspecified atom stereocenters. The number of nitrogens with zero attached hydrogens (tertiary/aromatic N) is 2. The first-order valence-electron chi connectivity index (χ1n) is 15.8. The van der Waals surface area contributed by atoms with Gasteiger partial charge in [-0.1, -0.05) is 97.1 Å². The molecule has 0 aliphatic rings. The minimum Gasteiger partial charge on any atom is -0.457 e. The van der Waals surface area contributed by atoms with Gasteiger partial charge in [0.2, 0.25) is 11.8 Å². The van der Waals surface area contributed by atoms with Gasteiger partial charge < -0.3 is 15.0 Å². The Morgan fingerprint density at radius 3 is 1.73 bits per heavy atom. The number of rotatable bonds is 14. The van der Waals surface area contributed by atoms with E-state index in [0.717, 1.165) is 15.4 Å². The molecule has 5 aromatic rings. The van der Waals surface area contributed by atoms with Crippen molar-refractivity contribution in [1.82, 2.24) is 10.2 Å². The topological polar surface area (TPSA) is 96.0 Å². The maximum absolute atomic E-state index is 14.6. The Hall–Kier alpha value is -5.41. The molecule has 1 atom stereocenters. The lowest BCUT2D eigenvalue weighted by atomic mass is 10.0. The van der Waals surface area contributed by atoms with Crippen LogP contribution in [0.25, 0.3) is 0 Å². The third-order valence-corrected chi connectivity index (χ3v) is 9.40. The Balaban J connectivity index is 1.54. The third kappa shape index (κ3) is 8.89. The molecule has 1 N–H and O–H groups in total. The fraction of sp³-hybridized carbons (Fsp3) is 0.179. The van der Waals surface area contributed by atoms with Gasteiger partial charge in [0.15, 0.2) is 0 Å². The highest BCUT2D eigenvalue weighted by molar-refractivity contribution is 7.92. The van der Waals surface area contributed by atoms with Gasteiger partial charge in [-0.2, -0.15) is 0 Å². The highest BCUT2D eigenvalue weighted by atomic mass is 32.2. The number of sulfonamides is 1. The molecule has 0 spiro atoms. The third-order valence-electron chi connectivity index (χ3n) is 7.61. The van der Waals surface area contributed by atoms with Crippen LogP contribution in [0, 0.1) is 0 Å². The van der Waals surface area contributed by atoms with Crippen LogP contribution in [-0.4, -0.2) is 43.8 Å². The summed E-state index contributed by atoms with van der Waals surface area (Å²) < 4.78 is 35.4. The van der Waals surface area contributed by atoms with Crippen molar-refractivity contribution in [2.24, 2.45) is 0 Å². The van der Waals surface area contributed by atoms with E-state index in [4.69, 9.17) is 4.74 Å². The van der Waals surface area contributed by atoms with Crippen LogP contribution in [0.4, 0.5) is 5.69 Å². The van der Waals surface area contributed by atoms with E-state index < -0.39 is 28.5 Å². The van der Waals surface area contributed by atoms with Crippen molar-refractivity contribution in [3.05, 3.63) is 157 Å². The van der Waals surface area contributed by atoms with E-state index >= 15 is 0 Å². The number of hydrogen-bond donors (Lipinski definition) is 1. The molecule has 0 fully saturated rings. The van der Waals surface area contributed by atoms with Gasteiger partial charge in [0, 0.05) is 19.0 Å². The van der Waals surface area contributed by atoms with Crippen molar-refractivity contribution in [2.75, 3.05) is 10.8 Å². The molecule has 9 heteroatoms. The van der Waals surface area contributed by atoms with Gasteiger partial charge in [0.05, 0.1) is 10.6 Å². The molecule has 5 rings (SSSR count). The lowest BCUT2D eigenvalue weighted by molar-refractivity contribution is -0.140. The molecular formula is C39H39N3O5S. The van der Waals surface area contributed by atoms with Gasteiger partial charge in [0.25, 0.3) is 10.0 Å². The minimum atomic E-state index is -4.21. The van der Waals surface area contributed by atoms with Crippen LogP contribution in [0.1, 0.15) is 25.0 Å². The largest absolute Gasteiger partial charge is 0.457 e. The van der Waals surface area contributed by atoms with Crippen LogP contribution in [0.5, 0.6) is 11.5 Å². The Kier molecular flexibility index (Phi) is 11.3. The number of anilines is 1. The Labute approximate surface area is 282 Å². The van der Waals surface area contributed by atoms with E-state index in [1.54, 1.807) is 42.5 Å². The number of hydrogen-bond acceptors (Lipinski definition) is 5. The van der Waals surface area contributed by atoms with Crippen LogP contribution in [0.15, 0.2) is 150 Å². The maximum Gasteiger partial charge on any atom is 0.264 e. The lowest BCUT2D eigenvalue weighted by Crippen LogP contribution is -2.54. The second kappa shape index (κ2) is 15.9. The summed E-state index contributed by atoms with van der Waals surface area (Å²) in [6.45, 7) is 3.29. The van der Waals surface area contributed by atoms with Crippen molar-refractivity contribution in [2.45, 2.75) is 43.8 Å². The standard InChI is InChI=1S/C39H39N3O5S/c1-30(2)40-39(44)37(27-31-15-7-3-8-16-31)41(28-32-17-9-4-10-18-32)38(43)29-42(48(45,46)36-21-13-6-14-22-36)33-23-25-35(26-24-33)47-34-19-11-5-12-20-34/h3-26,30,37H,27-29H2,1-2H3,(H,40,44)/t37-/m1/s1. The molecule has 0 heterocycles. The second-order valence-corrected chi connectivity index (χ2v) is 13.5. The van der Waals surface area contributed by atoms with E-state index in [2.05, 4.69) is 5.32 Å². The minimum absolute atomic E-state index is 0.0374. The van der Waals surface area contributed by atoms with E-state index in [1.165, 1.54) is 17.0 Å². The highest BCUT2D eigenvalue weighted by Crippen LogP contribution is 2.29. The lowest BCUT2D eigenvalue weighted by Gasteiger charge is -2.34. The molecule has 0 radical (unpaired) electrons. The van der Waals surface area contributed by atoms with Crippen molar-refractivity contribution < 1.29 is 22.7 Å². The monoisotopic (exact) mass is 661 g/mol. The van der Waals surface area contributed by atoms with E-state index in [-0.39, 0.29) is 35.5 Å². The quantitative estimate of drug-likeness (QED) is 0.141. The average molecular weight is 662 g/mol. The zero-order valence-electron chi connectivity index (χ0n) is 27.0. The zero-order chi connectivity index (χ0) is 33.9. The molecule has 2 amide bonds. The summed E-state index contributed by atoms with van der Waals surface area (Å²) in [7, 11) is -4.21. The van der Waals surface area contributed by atoms with Crippen molar-refractivity contribution >= 4 is 27.5 Å². The predicted molar refractivity (Wildman–Crippen MR) is 188 cm³/mol. The Bertz CT molecular complexity index is 1870. The molecule has 48 heavy (non-hydrogen) atoms. The predicted octanol–water partition coefficient (Wildman–Crippen LogP) is 6.84. The molecule has 0 saturated carbocycles. The van der Waals surface area contributed by atoms with E-state index in [1.807, 2.05) is 105 Å². The van der Waals surface area contributed by atoms with E-state index in [9.17, 15) is 18.0 Å². The smallest absolute Gasteiger partial charge is 0.264 e. The molecule has 0 saturated heterocycles. The molecule has 0 aliphatic carbocycles. The Morgan fingerprint density at radius 1 is 0.667 bits per heavy atom. The number of ether oxygens (including phenoxy) is 1. The van der Waals surface area contributed by atoms with Crippen molar-refractivity contribution in [3.63, 3.8) is 0 Å². The van der Waals surface area contributed by atoms with Crippen LogP contribution in [-0.2, 0) is 32.6 Å². The molecule has 0 bridgehead atoms. The fourth-order valence-corrected chi connectivity index (χ4v) is 6.70. The molecule has 0 aliphatic heterocycles. The summed E-state index contributed by atoms with van der Waals surface area (Å²) in [6, 6.07) is 41.5. The van der Waals surface area contributed by atoms with Crippen LogP contribution in [0.2, 0.25) is 0 Å². The van der Waals surface area contributed by atoms with Gasteiger partial charge in [-0.25, -0.2) is 8.42 Å². The van der Waals surface area contributed by atoms with Crippen LogP contribution in [0.3, 0.4) is 0 Å². The summed E-state index contributed by atoms with van der Waals surface area (Å²) in [5, 5.41) is 2.97. The summed E-state index contributed by atoms with van der Waals surface area (Å²) in [4.78, 5) is 29.9. The first-order valence-corrected chi connectivity index (χ1v) is 17.2.